The summed E-state index contributed by atoms with van der Waals surface area (Å²) in [6.45, 7) is 1.97. The molecule has 0 aromatic carbocycles. The van der Waals surface area contributed by atoms with Crippen molar-refractivity contribution in [3.8, 4) is 12.3 Å². The summed E-state index contributed by atoms with van der Waals surface area (Å²) in [4.78, 5) is 0. The largest absolute Gasteiger partial charge is 0.392 e. The van der Waals surface area contributed by atoms with Gasteiger partial charge >= 0.3 is 0 Å². The highest BCUT2D eigenvalue weighted by Crippen LogP contribution is 2.34. The van der Waals surface area contributed by atoms with Crippen molar-refractivity contribution in [3.63, 3.8) is 0 Å². The standard InChI is InChI=1S/C9H14O/c1-3-9(2)7-5-4-6-8(9)10/h1,8,10H,4-7H2,2H3. The third-order valence-electron chi connectivity index (χ3n) is 2.49. The number of aliphatic hydroxyl groups is 1. The second-order valence-electron chi connectivity index (χ2n) is 3.32. The topological polar surface area (TPSA) is 20.2 Å². The van der Waals surface area contributed by atoms with E-state index in [0.29, 0.717) is 0 Å². The third-order valence-corrected chi connectivity index (χ3v) is 2.49. The third kappa shape index (κ3) is 1.17. The molecule has 2 atom stereocenters. The van der Waals surface area contributed by atoms with Crippen LogP contribution in [0.2, 0.25) is 0 Å². The maximum Gasteiger partial charge on any atom is 0.0702 e. The summed E-state index contributed by atoms with van der Waals surface area (Å²) in [6.07, 6.45) is 9.19. The second kappa shape index (κ2) is 2.64. The van der Waals surface area contributed by atoms with E-state index in [1.54, 1.807) is 0 Å². The first-order valence-corrected chi connectivity index (χ1v) is 3.85. The van der Waals surface area contributed by atoms with Crippen molar-refractivity contribution in [2.45, 2.75) is 38.7 Å². The van der Waals surface area contributed by atoms with Gasteiger partial charge in [-0.05, 0) is 19.8 Å². The second-order valence-corrected chi connectivity index (χ2v) is 3.32. The van der Waals surface area contributed by atoms with Gasteiger partial charge in [0.25, 0.3) is 0 Å². The molecule has 1 saturated carbocycles. The van der Waals surface area contributed by atoms with Gasteiger partial charge in [0.05, 0.1) is 11.5 Å². The predicted molar refractivity (Wildman–Crippen MR) is 41.4 cm³/mol. The van der Waals surface area contributed by atoms with E-state index in [0.717, 1.165) is 25.7 Å². The lowest BCUT2D eigenvalue weighted by Gasteiger charge is -2.33. The highest BCUT2D eigenvalue weighted by atomic mass is 16.3. The summed E-state index contributed by atoms with van der Waals surface area (Å²) in [5.74, 6) is 2.68. The molecule has 0 aromatic heterocycles. The summed E-state index contributed by atoms with van der Waals surface area (Å²) in [5, 5.41) is 9.49. The molecule has 2 unspecified atom stereocenters. The molecular formula is C9H14O. The quantitative estimate of drug-likeness (QED) is 0.504. The number of hydrogen-bond acceptors (Lipinski definition) is 1. The van der Waals surface area contributed by atoms with Crippen molar-refractivity contribution in [1.29, 1.82) is 0 Å². The fraction of sp³-hybridized carbons (Fsp3) is 0.778. The van der Waals surface area contributed by atoms with Crippen LogP contribution in [0.25, 0.3) is 0 Å². The highest BCUT2D eigenvalue weighted by Gasteiger charge is 2.32. The van der Waals surface area contributed by atoms with E-state index in [1.807, 2.05) is 6.92 Å². The van der Waals surface area contributed by atoms with Gasteiger partial charge in [-0.15, -0.1) is 6.42 Å². The minimum atomic E-state index is -0.272. The molecule has 1 rings (SSSR count). The maximum atomic E-state index is 9.49. The van der Waals surface area contributed by atoms with Gasteiger partial charge in [0.1, 0.15) is 0 Å². The number of terminal acetylenes is 1. The first-order chi connectivity index (χ1) is 4.69. The van der Waals surface area contributed by atoms with Crippen LogP contribution in [0, 0.1) is 17.8 Å². The van der Waals surface area contributed by atoms with Crippen LogP contribution in [0.4, 0.5) is 0 Å². The molecule has 1 aliphatic rings. The number of rotatable bonds is 0. The first-order valence-electron chi connectivity index (χ1n) is 3.85. The van der Waals surface area contributed by atoms with Crippen molar-refractivity contribution in [3.05, 3.63) is 0 Å². The zero-order chi connectivity index (χ0) is 7.61. The average Bonchev–Trinajstić information content (AvgIpc) is 1.96. The summed E-state index contributed by atoms with van der Waals surface area (Å²) in [7, 11) is 0. The Hall–Kier alpha value is -0.480. The van der Waals surface area contributed by atoms with Crippen molar-refractivity contribution in [2.24, 2.45) is 5.41 Å². The summed E-state index contributed by atoms with van der Waals surface area (Å²) in [6, 6.07) is 0. The minimum Gasteiger partial charge on any atom is -0.392 e. The molecule has 0 heterocycles. The molecule has 1 nitrogen and oxygen atoms in total. The lowest BCUT2D eigenvalue weighted by molar-refractivity contribution is 0.0390. The molecule has 0 aliphatic heterocycles. The van der Waals surface area contributed by atoms with Gasteiger partial charge in [-0.25, -0.2) is 0 Å². The maximum absolute atomic E-state index is 9.49. The Labute approximate surface area is 62.4 Å². The molecule has 1 heteroatoms. The van der Waals surface area contributed by atoms with E-state index in [2.05, 4.69) is 5.92 Å². The highest BCUT2D eigenvalue weighted by molar-refractivity contribution is 5.08. The summed E-state index contributed by atoms with van der Waals surface area (Å²) in [5.41, 5.74) is -0.238. The van der Waals surface area contributed by atoms with Gasteiger partial charge in [-0.1, -0.05) is 18.8 Å². The van der Waals surface area contributed by atoms with Crippen molar-refractivity contribution in [1.82, 2.24) is 0 Å². The van der Waals surface area contributed by atoms with Crippen LogP contribution in [-0.4, -0.2) is 11.2 Å². The Balaban J connectivity index is 2.65. The molecule has 10 heavy (non-hydrogen) atoms. The van der Waals surface area contributed by atoms with Gasteiger partial charge < -0.3 is 5.11 Å². The van der Waals surface area contributed by atoms with Gasteiger partial charge in [0.15, 0.2) is 0 Å². The average molecular weight is 138 g/mol. The lowest BCUT2D eigenvalue weighted by atomic mass is 9.74. The Morgan fingerprint density at radius 2 is 2.30 bits per heavy atom. The van der Waals surface area contributed by atoms with Crippen LogP contribution >= 0.6 is 0 Å². The van der Waals surface area contributed by atoms with Crippen LogP contribution in [0.3, 0.4) is 0 Å². The van der Waals surface area contributed by atoms with Crippen molar-refractivity contribution in [2.75, 3.05) is 0 Å². The molecule has 1 N–H and O–H groups in total. The molecule has 1 fully saturated rings. The molecule has 0 amide bonds. The van der Waals surface area contributed by atoms with Gasteiger partial charge in [0.2, 0.25) is 0 Å². The lowest BCUT2D eigenvalue weighted by Crippen LogP contribution is -2.33. The van der Waals surface area contributed by atoms with Gasteiger partial charge in [-0.3, -0.25) is 0 Å². The molecular weight excluding hydrogens is 124 g/mol. The Morgan fingerprint density at radius 3 is 2.70 bits per heavy atom. The number of aliphatic hydroxyl groups excluding tert-OH is 1. The molecule has 0 saturated heterocycles. The molecule has 56 valence electrons. The molecule has 0 aromatic rings. The zero-order valence-corrected chi connectivity index (χ0v) is 6.43. The Morgan fingerprint density at radius 1 is 1.60 bits per heavy atom. The van der Waals surface area contributed by atoms with Crippen LogP contribution in [0.1, 0.15) is 32.6 Å². The van der Waals surface area contributed by atoms with E-state index >= 15 is 0 Å². The van der Waals surface area contributed by atoms with E-state index in [-0.39, 0.29) is 11.5 Å². The van der Waals surface area contributed by atoms with E-state index in [1.165, 1.54) is 0 Å². The van der Waals surface area contributed by atoms with Gasteiger partial charge in [-0.2, -0.15) is 0 Å². The van der Waals surface area contributed by atoms with Gasteiger partial charge in [0, 0.05) is 0 Å². The smallest absolute Gasteiger partial charge is 0.0702 e. The normalized spacial score (nSPS) is 40.7. The predicted octanol–water partition coefficient (Wildman–Crippen LogP) is 1.56. The van der Waals surface area contributed by atoms with Crippen LogP contribution in [-0.2, 0) is 0 Å². The van der Waals surface area contributed by atoms with E-state index < -0.39 is 0 Å². The monoisotopic (exact) mass is 138 g/mol. The van der Waals surface area contributed by atoms with E-state index in [4.69, 9.17) is 6.42 Å². The summed E-state index contributed by atoms with van der Waals surface area (Å²) >= 11 is 0. The molecule has 0 radical (unpaired) electrons. The fourth-order valence-electron chi connectivity index (χ4n) is 1.48. The molecule has 0 bridgehead atoms. The van der Waals surface area contributed by atoms with Crippen molar-refractivity contribution < 1.29 is 5.11 Å². The van der Waals surface area contributed by atoms with Crippen LogP contribution < -0.4 is 0 Å². The SMILES string of the molecule is C#CC1(C)CCCCC1O. The minimum absolute atomic E-state index is 0.238. The van der Waals surface area contributed by atoms with Crippen molar-refractivity contribution >= 4 is 0 Å². The van der Waals surface area contributed by atoms with Crippen LogP contribution in [0.5, 0.6) is 0 Å². The first kappa shape index (κ1) is 7.63. The van der Waals surface area contributed by atoms with E-state index in [9.17, 15) is 5.11 Å². The Kier molecular flexibility index (Phi) is 2.01. The zero-order valence-electron chi connectivity index (χ0n) is 6.43. The summed E-state index contributed by atoms with van der Waals surface area (Å²) < 4.78 is 0. The molecule has 1 aliphatic carbocycles. The fourth-order valence-corrected chi connectivity index (χ4v) is 1.48. The van der Waals surface area contributed by atoms with Crippen LogP contribution in [0.15, 0.2) is 0 Å². The Bertz CT molecular complexity index is 157. The molecule has 0 spiro atoms. The number of hydrogen-bond donors (Lipinski definition) is 1.